The molecule has 1 heterocycles. The number of methoxy groups -OCH3 is 2. The smallest absolute Gasteiger partial charge is 0.244 e. The van der Waals surface area contributed by atoms with Crippen molar-refractivity contribution in [2.24, 2.45) is 0 Å². The SMILES string of the molecule is COc1ccc(/C=C/C(=O)N[C@H](C)Cc2cc3ccccc3o2)cc1OC. The van der Waals surface area contributed by atoms with Crippen molar-refractivity contribution in [1.82, 2.24) is 5.32 Å². The number of benzene rings is 2. The Kier molecular flexibility index (Phi) is 5.81. The van der Waals surface area contributed by atoms with Crippen LogP contribution in [0.4, 0.5) is 0 Å². The quantitative estimate of drug-likeness (QED) is 0.637. The van der Waals surface area contributed by atoms with Crippen LogP contribution >= 0.6 is 0 Å². The molecule has 1 amide bonds. The minimum Gasteiger partial charge on any atom is -0.493 e. The molecule has 1 aromatic heterocycles. The third-order valence-electron chi connectivity index (χ3n) is 4.21. The molecule has 5 nitrogen and oxygen atoms in total. The van der Waals surface area contributed by atoms with Crippen LogP contribution in [0.1, 0.15) is 18.2 Å². The highest BCUT2D eigenvalue weighted by Gasteiger charge is 2.10. The number of amides is 1. The Bertz CT molecular complexity index is 925. The Morgan fingerprint density at radius 1 is 1.11 bits per heavy atom. The van der Waals surface area contributed by atoms with Gasteiger partial charge in [0.25, 0.3) is 0 Å². The zero-order chi connectivity index (χ0) is 19.2. The van der Waals surface area contributed by atoms with Gasteiger partial charge in [0.15, 0.2) is 11.5 Å². The van der Waals surface area contributed by atoms with E-state index in [1.165, 1.54) is 6.08 Å². The van der Waals surface area contributed by atoms with E-state index in [-0.39, 0.29) is 11.9 Å². The normalized spacial score (nSPS) is 12.3. The van der Waals surface area contributed by atoms with E-state index in [9.17, 15) is 4.79 Å². The lowest BCUT2D eigenvalue weighted by molar-refractivity contribution is -0.117. The molecule has 0 bridgehead atoms. The first-order valence-corrected chi connectivity index (χ1v) is 8.77. The molecule has 1 atom stereocenters. The van der Waals surface area contributed by atoms with Crippen LogP contribution < -0.4 is 14.8 Å². The number of carbonyl (C=O) groups excluding carboxylic acids is 1. The predicted octanol–water partition coefficient (Wildman–Crippen LogP) is 4.21. The highest BCUT2D eigenvalue weighted by molar-refractivity contribution is 5.92. The lowest BCUT2D eigenvalue weighted by Crippen LogP contribution is -2.32. The zero-order valence-corrected chi connectivity index (χ0v) is 15.7. The third-order valence-corrected chi connectivity index (χ3v) is 4.21. The van der Waals surface area contributed by atoms with E-state index in [2.05, 4.69) is 5.32 Å². The first-order valence-electron chi connectivity index (χ1n) is 8.77. The van der Waals surface area contributed by atoms with Crippen molar-refractivity contribution in [1.29, 1.82) is 0 Å². The van der Waals surface area contributed by atoms with Crippen LogP contribution in [0.2, 0.25) is 0 Å². The molecule has 0 aliphatic carbocycles. The maximum Gasteiger partial charge on any atom is 0.244 e. The number of furan rings is 1. The van der Waals surface area contributed by atoms with Crippen LogP contribution in [0.3, 0.4) is 0 Å². The fourth-order valence-corrected chi connectivity index (χ4v) is 2.91. The highest BCUT2D eigenvalue weighted by Crippen LogP contribution is 2.28. The van der Waals surface area contributed by atoms with Crippen LogP contribution in [0, 0.1) is 0 Å². The predicted molar refractivity (Wildman–Crippen MR) is 106 cm³/mol. The maximum atomic E-state index is 12.2. The Labute approximate surface area is 158 Å². The summed E-state index contributed by atoms with van der Waals surface area (Å²) in [4.78, 5) is 12.2. The fraction of sp³-hybridized carbons (Fsp3) is 0.227. The van der Waals surface area contributed by atoms with Gasteiger partial charge in [0.1, 0.15) is 11.3 Å². The summed E-state index contributed by atoms with van der Waals surface area (Å²) in [6, 6.07) is 15.3. The average molecular weight is 365 g/mol. The Morgan fingerprint density at radius 2 is 1.89 bits per heavy atom. The molecule has 5 heteroatoms. The monoisotopic (exact) mass is 365 g/mol. The summed E-state index contributed by atoms with van der Waals surface area (Å²) in [5, 5.41) is 4.02. The van der Waals surface area contributed by atoms with Gasteiger partial charge in [0.05, 0.1) is 14.2 Å². The highest BCUT2D eigenvalue weighted by atomic mass is 16.5. The second-order valence-corrected chi connectivity index (χ2v) is 6.31. The van der Waals surface area contributed by atoms with Gasteiger partial charge >= 0.3 is 0 Å². The van der Waals surface area contributed by atoms with Crippen LogP contribution in [0.25, 0.3) is 17.0 Å². The van der Waals surface area contributed by atoms with E-state index in [0.717, 1.165) is 22.3 Å². The third kappa shape index (κ3) is 4.70. The molecule has 1 N–H and O–H groups in total. The van der Waals surface area contributed by atoms with E-state index in [1.54, 1.807) is 26.4 Å². The van der Waals surface area contributed by atoms with Gasteiger partial charge in [-0.2, -0.15) is 0 Å². The maximum absolute atomic E-state index is 12.2. The van der Waals surface area contributed by atoms with Crippen LogP contribution in [0.15, 0.2) is 59.0 Å². The summed E-state index contributed by atoms with van der Waals surface area (Å²) in [7, 11) is 3.17. The van der Waals surface area contributed by atoms with Crippen LogP contribution in [-0.4, -0.2) is 26.2 Å². The standard InChI is InChI=1S/C22H23NO4/c1-15(12-18-14-17-6-4-5-7-19(17)27-18)23-22(24)11-9-16-8-10-20(25-2)21(13-16)26-3/h4-11,13-15H,12H2,1-3H3,(H,23,24)/b11-9+/t15-/m1/s1. The van der Waals surface area contributed by atoms with Gasteiger partial charge in [-0.05, 0) is 42.8 Å². The number of fused-ring (bicyclic) bond motifs is 1. The topological polar surface area (TPSA) is 60.7 Å². The summed E-state index contributed by atoms with van der Waals surface area (Å²) >= 11 is 0. The van der Waals surface area contributed by atoms with Crippen molar-refractivity contribution >= 4 is 23.0 Å². The largest absolute Gasteiger partial charge is 0.493 e. The number of hydrogen-bond acceptors (Lipinski definition) is 4. The Balaban J connectivity index is 1.58. The molecule has 0 aliphatic heterocycles. The summed E-state index contributed by atoms with van der Waals surface area (Å²) in [6.45, 7) is 1.95. The molecule has 0 aliphatic rings. The zero-order valence-electron chi connectivity index (χ0n) is 15.7. The number of carbonyl (C=O) groups is 1. The van der Waals surface area contributed by atoms with Crippen molar-refractivity contribution in [3.05, 3.63) is 65.9 Å². The molecular formula is C22H23NO4. The first-order chi connectivity index (χ1) is 13.1. The summed E-state index contributed by atoms with van der Waals surface area (Å²) in [5.74, 6) is 1.97. The number of hydrogen-bond donors (Lipinski definition) is 1. The van der Waals surface area contributed by atoms with Crippen molar-refractivity contribution in [3.8, 4) is 11.5 Å². The molecular weight excluding hydrogens is 342 g/mol. The number of rotatable bonds is 7. The van der Waals surface area contributed by atoms with Crippen LogP contribution in [0.5, 0.6) is 11.5 Å². The van der Waals surface area contributed by atoms with Crippen molar-refractivity contribution in [3.63, 3.8) is 0 Å². The lowest BCUT2D eigenvalue weighted by Gasteiger charge is -2.10. The molecule has 0 spiro atoms. The van der Waals surface area contributed by atoms with Gasteiger partial charge in [-0.25, -0.2) is 0 Å². The molecule has 2 aromatic carbocycles. The van der Waals surface area contributed by atoms with Gasteiger partial charge in [0, 0.05) is 23.9 Å². The lowest BCUT2D eigenvalue weighted by atomic mass is 10.1. The van der Waals surface area contributed by atoms with Gasteiger partial charge in [0.2, 0.25) is 5.91 Å². The van der Waals surface area contributed by atoms with E-state index >= 15 is 0 Å². The summed E-state index contributed by atoms with van der Waals surface area (Å²) in [5.41, 5.74) is 1.71. The van der Waals surface area contributed by atoms with Gasteiger partial charge in [-0.1, -0.05) is 24.3 Å². The number of para-hydroxylation sites is 1. The van der Waals surface area contributed by atoms with Crippen LogP contribution in [-0.2, 0) is 11.2 Å². The fourth-order valence-electron chi connectivity index (χ4n) is 2.91. The van der Waals surface area contributed by atoms with E-state index in [1.807, 2.05) is 49.4 Å². The molecule has 140 valence electrons. The van der Waals surface area contributed by atoms with Crippen molar-refractivity contribution in [2.75, 3.05) is 14.2 Å². The molecule has 0 radical (unpaired) electrons. The number of ether oxygens (including phenoxy) is 2. The molecule has 3 rings (SSSR count). The van der Waals surface area contributed by atoms with Gasteiger partial charge in [-0.3, -0.25) is 4.79 Å². The van der Waals surface area contributed by atoms with E-state index in [4.69, 9.17) is 13.9 Å². The summed E-state index contributed by atoms with van der Waals surface area (Å²) < 4.78 is 16.3. The number of nitrogens with one attached hydrogen (secondary N) is 1. The Hall–Kier alpha value is -3.21. The van der Waals surface area contributed by atoms with E-state index < -0.39 is 0 Å². The molecule has 3 aromatic rings. The van der Waals surface area contributed by atoms with Crippen molar-refractivity contribution < 1.29 is 18.7 Å². The molecule has 0 saturated heterocycles. The Morgan fingerprint density at radius 3 is 2.63 bits per heavy atom. The van der Waals surface area contributed by atoms with Gasteiger partial charge < -0.3 is 19.2 Å². The minimum atomic E-state index is -0.159. The van der Waals surface area contributed by atoms with Crippen molar-refractivity contribution in [2.45, 2.75) is 19.4 Å². The molecule has 0 fully saturated rings. The second-order valence-electron chi connectivity index (χ2n) is 6.31. The first kappa shape index (κ1) is 18.6. The van der Waals surface area contributed by atoms with Gasteiger partial charge in [-0.15, -0.1) is 0 Å². The molecule has 27 heavy (non-hydrogen) atoms. The molecule has 0 saturated carbocycles. The van der Waals surface area contributed by atoms with E-state index in [0.29, 0.717) is 17.9 Å². The average Bonchev–Trinajstić information content (AvgIpc) is 3.08. The minimum absolute atomic E-state index is 0.0480. The summed E-state index contributed by atoms with van der Waals surface area (Å²) in [6.07, 6.45) is 3.88. The second kappa shape index (κ2) is 8.45. The molecule has 0 unspecified atom stereocenters.